The van der Waals surface area contributed by atoms with E-state index >= 15 is 0 Å². The molecule has 4 heterocycles. The SMILES string of the molecule is CC(=O)C1CC2(C=O)C=CC1O2.CC(=O)C1CC2C=CC1(C=O)O2. The Morgan fingerprint density at radius 1 is 1.04 bits per heavy atom. The lowest BCUT2D eigenvalue weighted by Crippen LogP contribution is -2.37. The highest BCUT2D eigenvalue weighted by molar-refractivity contribution is 5.87. The average molecular weight is 332 g/mol. The second-order valence-electron chi connectivity index (χ2n) is 6.82. The number of ether oxygens (including phenoxy) is 2. The van der Waals surface area contributed by atoms with Gasteiger partial charge in [-0.15, -0.1) is 0 Å². The van der Waals surface area contributed by atoms with Crippen molar-refractivity contribution in [1.82, 2.24) is 0 Å². The van der Waals surface area contributed by atoms with Gasteiger partial charge in [-0.25, -0.2) is 0 Å². The molecule has 6 unspecified atom stereocenters. The van der Waals surface area contributed by atoms with Crippen LogP contribution in [-0.4, -0.2) is 47.5 Å². The molecule has 0 amide bonds. The van der Waals surface area contributed by atoms with Gasteiger partial charge in [0.05, 0.1) is 24.0 Å². The fraction of sp³-hybridized carbons (Fsp3) is 0.556. The third-order valence-electron chi connectivity index (χ3n) is 5.20. The minimum atomic E-state index is -0.920. The lowest BCUT2D eigenvalue weighted by molar-refractivity contribution is -0.132. The van der Waals surface area contributed by atoms with Crippen LogP contribution in [0.2, 0.25) is 0 Å². The zero-order chi connectivity index (χ0) is 17.5. The van der Waals surface area contributed by atoms with E-state index in [0.717, 1.165) is 12.6 Å². The van der Waals surface area contributed by atoms with E-state index < -0.39 is 11.2 Å². The van der Waals surface area contributed by atoms with E-state index in [0.29, 0.717) is 12.8 Å². The second-order valence-corrected chi connectivity index (χ2v) is 6.82. The standard InChI is InChI=1S/2C9H10O3/c1-6(11)7-4-9(5-10)3-2-8(7)12-9;1-6(11)8-4-7-2-3-9(8,5-10)12-7/h2*2-3,5,7-8H,4H2,1H3. The molecule has 0 saturated carbocycles. The molecular formula is C18H20O6. The number of aldehydes is 2. The number of rotatable bonds is 4. The van der Waals surface area contributed by atoms with E-state index in [2.05, 4.69) is 0 Å². The minimum Gasteiger partial charge on any atom is -0.355 e. The van der Waals surface area contributed by atoms with Crippen molar-refractivity contribution in [3.8, 4) is 0 Å². The summed E-state index contributed by atoms with van der Waals surface area (Å²) < 4.78 is 10.8. The summed E-state index contributed by atoms with van der Waals surface area (Å²) in [5, 5.41) is 0. The lowest BCUT2D eigenvalue weighted by Gasteiger charge is -2.21. The van der Waals surface area contributed by atoms with Crippen molar-refractivity contribution in [2.24, 2.45) is 11.8 Å². The highest BCUT2D eigenvalue weighted by Crippen LogP contribution is 2.42. The molecule has 0 aromatic heterocycles. The smallest absolute Gasteiger partial charge is 0.156 e. The maximum atomic E-state index is 11.1. The molecule has 2 fully saturated rings. The Bertz CT molecular complexity index is 650. The first-order valence-electron chi connectivity index (χ1n) is 8.02. The largest absolute Gasteiger partial charge is 0.355 e. The van der Waals surface area contributed by atoms with E-state index in [1.54, 1.807) is 19.1 Å². The van der Waals surface area contributed by atoms with Gasteiger partial charge in [0.1, 0.15) is 17.2 Å². The topological polar surface area (TPSA) is 86.7 Å². The predicted molar refractivity (Wildman–Crippen MR) is 83.2 cm³/mol. The fourth-order valence-electron chi connectivity index (χ4n) is 3.84. The molecule has 6 heteroatoms. The average Bonchev–Trinajstić information content (AvgIpc) is 3.33. The molecular weight excluding hydrogens is 312 g/mol. The molecule has 2 saturated heterocycles. The van der Waals surface area contributed by atoms with E-state index in [1.807, 2.05) is 12.2 Å². The molecule has 4 aliphatic heterocycles. The van der Waals surface area contributed by atoms with Gasteiger partial charge in [0.25, 0.3) is 0 Å². The van der Waals surface area contributed by atoms with Crippen LogP contribution in [0.5, 0.6) is 0 Å². The Morgan fingerprint density at radius 2 is 1.79 bits per heavy atom. The molecule has 0 N–H and O–H groups in total. The molecule has 0 aromatic carbocycles. The molecule has 0 aromatic rings. The third-order valence-corrected chi connectivity index (χ3v) is 5.20. The van der Waals surface area contributed by atoms with Gasteiger partial charge in [-0.1, -0.05) is 12.2 Å². The second kappa shape index (κ2) is 5.86. The number of hydrogen-bond acceptors (Lipinski definition) is 6. The molecule has 6 atom stereocenters. The summed E-state index contributed by atoms with van der Waals surface area (Å²) >= 11 is 0. The van der Waals surface area contributed by atoms with Crippen LogP contribution in [0.3, 0.4) is 0 Å². The lowest BCUT2D eigenvalue weighted by atomic mass is 9.81. The van der Waals surface area contributed by atoms with Crippen LogP contribution in [0, 0.1) is 11.8 Å². The van der Waals surface area contributed by atoms with Gasteiger partial charge in [-0.3, -0.25) is 19.2 Å². The van der Waals surface area contributed by atoms with Crippen molar-refractivity contribution in [2.45, 2.75) is 50.1 Å². The Hall–Kier alpha value is -1.92. The third kappa shape index (κ3) is 2.59. The highest BCUT2D eigenvalue weighted by atomic mass is 16.5. The molecule has 0 radical (unpaired) electrons. The first-order valence-corrected chi connectivity index (χ1v) is 8.02. The quantitative estimate of drug-likeness (QED) is 0.563. The van der Waals surface area contributed by atoms with Crippen molar-refractivity contribution in [2.75, 3.05) is 0 Å². The van der Waals surface area contributed by atoms with Crippen LogP contribution >= 0.6 is 0 Å². The first kappa shape index (κ1) is 16.9. The summed E-state index contributed by atoms with van der Waals surface area (Å²) in [4.78, 5) is 43.6. The number of ketones is 2. The van der Waals surface area contributed by atoms with Crippen LogP contribution < -0.4 is 0 Å². The zero-order valence-electron chi connectivity index (χ0n) is 13.6. The minimum absolute atomic E-state index is 0.0240. The summed E-state index contributed by atoms with van der Waals surface area (Å²) in [6.07, 6.45) is 9.64. The molecule has 0 spiro atoms. The van der Waals surface area contributed by atoms with Crippen LogP contribution in [0.1, 0.15) is 26.7 Å². The van der Waals surface area contributed by atoms with Gasteiger partial charge in [-0.05, 0) is 38.8 Å². The van der Waals surface area contributed by atoms with E-state index in [1.165, 1.54) is 6.92 Å². The maximum Gasteiger partial charge on any atom is 0.156 e. The molecule has 4 rings (SSSR count). The number of hydrogen-bond donors (Lipinski definition) is 0. The summed E-state index contributed by atoms with van der Waals surface area (Å²) in [6, 6.07) is 0. The zero-order valence-corrected chi connectivity index (χ0v) is 13.6. The van der Waals surface area contributed by atoms with Gasteiger partial charge in [0, 0.05) is 0 Å². The van der Waals surface area contributed by atoms with Crippen molar-refractivity contribution in [1.29, 1.82) is 0 Å². The molecule has 4 bridgehead atoms. The van der Waals surface area contributed by atoms with Crippen LogP contribution in [0.25, 0.3) is 0 Å². The van der Waals surface area contributed by atoms with Gasteiger partial charge in [0.2, 0.25) is 0 Å². The van der Waals surface area contributed by atoms with Crippen LogP contribution in [0.15, 0.2) is 24.3 Å². The fourth-order valence-corrected chi connectivity index (χ4v) is 3.84. The number of Topliss-reactive ketones (excluding diaryl/α,β-unsaturated/α-hetero) is 2. The Kier molecular flexibility index (Phi) is 4.13. The van der Waals surface area contributed by atoms with Crippen molar-refractivity contribution < 1.29 is 28.7 Å². The number of carbonyl (C=O) groups excluding carboxylic acids is 4. The van der Waals surface area contributed by atoms with Crippen LogP contribution in [-0.2, 0) is 28.7 Å². The van der Waals surface area contributed by atoms with Crippen molar-refractivity contribution >= 4 is 24.1 Å². The molecule has 24 heavy (non-hydrogen) atoms. The molecule has 6 nitrogen and oxygen atoms in total. The van der Waals surface area contributed by atoms with E-state index in [9.17, 15) is 19.2 Å². The van der Waals surface area contributed by atoms with Crippen molar-refractivity contribution in [3.63, 3.8) is 0 Å². The van der Waals surface area contributed by atoms with Gasteiger partial charge < -0.3 is 9.47 Å². The predicted octanol–water partition coefficient (Wildman–Crippen LogP) is 0.976. The molecule has 128 valence electrons. The molecule has 0 aliphatic carbocycles. The van der Waals surface area contributed by atoms with Gasteiger partial charge in [0.15, 0.2) is 18.2 Å². The van der Waals surface area contributed by atoms with E-state index in [4.69, 9.17) is 9.47 Å². The molecule has 4 aliphatic rings. The Balaban J connectivity index is 0.000000141. The Morgan fingerprint density at radius 3 is 2.21 bits per heavy atom. The number of carbonyl (C=O) groups is 4. The van der Waals surface area contributed by atoms with Crippen LogP contribution in [0.4, 0.5) is 0 Å². The summed E-state index contributed by atoms with van der Waals surface area (Å²) in [6.45, 7) is 3.05. The van der Waals surface area contributed by atoms with Gasteiger partial charge in [-0.2, -0.15) is 0 Å². The monoisotopic (exact) mass is 332 g/mol. The Labute approximate surface area is 139 Å². The van der Waals surface area contributed by atoms with E-state index in [-0.39, 0.29) is 35.6 Å². The highest BCUT2D eigenvalue weighted by Gasteiger charge is 2.52. The maximum absolute atomic E-state index is 11.1. The summed E-state index contributed by atoms with van der Waals surface area (Å²) in [7, 11) is 0. The van der Waals surface area contributed by atoms with Gasteiger partial charge >= 0.3 is 0 Å². The normalized spacial score (nSPS) is 43.4. The summed E-state index contributed by atoms with van der Waals surface area (Å²) in [5.41, 5.74) is -1.70. The number of fused-ring (bicyclic) bond motifs is 4. The summed E-state index contributed by atoms with van der Waals surface area (Å²) in [5.74, 6) is -0.229. The van der Waals surface area contributed by atoms with Crippen molar-refractivity contribution in [3.05, 3.63) is 24.3 Å². The first-order chi connectivity index (χ1) is 11.3.